The summed E-state index contributed by atoms with van der Waals surface area (Å²) in [5, 5.41) is 3.10. The average molecular weight is 346 g/mol. The van der Waals surface area contributed by atoms with Gasteiger partial charge in [-0.25, -0.2) is 0 Å². The van der Waals surface area contributed by atoms with Gasteiger partial charge in [-0.1, -0.05) is 0 Å². The molecule has 128 valence electrons. The minimum absolute atomic E-state index is 0. The van der Waals surface area contributed by atoms with Crippen LogP contribution in [0.15, 0.2) is 0 Å². The third-order valence-corrected chi connectivity index (χ3v) is 5.49. The Hall–Kier alpha value is 0.0400. The molecule has 9 heteroatoms. The zero-order valence-corrected chi connectivity index (χ0v) is 14.7. The molecule has 1 heterocycles. The van der Waals surface area contributed by atoms with Gasteiger partial charge in [0.2, 0.25) is 0 Å². The predicted octanol–water partition coefficient (Wildman–Crippen LogP) is -0.211. The maximum absolute atomic E-state index is 12.6. The molecular weight excluding hydrogens is 318 g/mol. The smallest absolute Gasteiger partial charge is 0.282 e. The number of rotatable bonds is 10. The van der Waals surface area contributed by atoms with Crippen molar-refractivity contribution in [2.45, 2.75) is 6.42 Å². The number of nitrogens with zero attached hydrogens (tertiary/aromatic N) is 2. The topological polar surface area (TPSA) is 71.1 Å². The predicted molar refractivity (Wildman–Crippen MR) is 85.1 cm³/mol. The molecule has 0 bridgehead atoms. The van der Waals surface area contributed by atoms with E-state index in [-0.39, 0.29) is 12.4 Å². The molecule has 0 aliphatic carbocycles. The lowest BCUT2D eigenvalue weighted by molar-refractivity contribution is 0.147. The van der Waals surface area contributed by atoms with E-state index in [4.69, 9.17) is 9.47 Å². The van der Waals surface area contributed by atoms with Crippen molar-refractivity contribution in [3.63, 3.8) is 0 Å². The lowest BCUT2D eigenvalue weighted by atomic mass is 10.1. The fourth-order valence-electron chi connectivity index (χ4n) is 2.35. The van der Waals surface area contributed by atoms with E-state index >= 15 is 0 Å². The Balaban J connectivity index is 0.00000400. The molecule has 0 aromatic heterocycles. The van der Waals surface area contributed by atoms with Gasteiger partial charge in [-0.15, -0.1) is 12.4 Å². The van der Waals surface area contributed by atoms with Gasteiger partial charge < -0.3 is 14.8 Å². The first-order valence-corrected chi connectivity index (χ1v) is 8.33. The second kappa shape index (κ2) is 10.7. The van der Waals surface area contributed by atoms with E-state index in [9.17, 15) is 8.42 Å². The summed E-state index contributed by atoms with van der Waals surface area (Å²) in [5.41, 5.74) is 0. The Labute approximate surface area is 134 Å². The van der Waals surface area contributed by atoms with Crippen molar-refractivity contribution < 1.29 is 17.9 Å². The van der Waals surface area contributed by atoms with Crippen molar-refractivity contribution in [3.8, 4) is 0 Å². The van der Waals surface area contributed by atoms with Gasteiger partial charge in [0.1, 0.15) is 0 Å². The van der Waals surface area contributed by atoms with Crippen LogP contribution in [0.3, 0.4) is 0 Å². The van der Waals surface area contributed by atoms with E-state index in [1.807, 2.05) is 7.05 Å². The van der Waals surface area contributed by atoms with Crippen LogP contribution in [-0.2, 0) is 19.7 Å². The molecule has 0 amide bonds. The molecule has 21 heavy (non-hydrogen) atoms. The Morgan fingerprint density at radius 1 is 1.24 bits per heavy atom. The third-order valence-electron chi connectivity index (χ3n) is 3.48. The average Bonchev–Trinajstić information content (AvgIpc) is 2.88. The molecule has 0 radical (unpaired) electrons. The molecule has 1 unspecified atom stereocenters. The van der Waals surface area contributed by atoms with Crippen LogP contribution in [0.2, 0.25) is 0 Å². The summed E-state index contributed by atoms with van der Waals surface area (Å²) >= 11 is 0. The molecular formula is C12H28ClN3O4S. The van der Waals surface area contributed by atoms with Crippen molar-refractivity contribution in [2.75, 3.05) is 67.2 Å². The van der Waals surface area contributed by atoms with Gasteiger partial charge in [-0.2, -0.15) is 17.0 Å². The fraction of sp³-hybridized carbons (Fsp3) is 1.00. The monoisotopic (exact) mass is 345 g/mol. The Bertz CT molecular complexity index is 362. The molecule has 1 fully saturated rings. The highest BCUT2D eigenvalue weighted by Crippen LogP contribution is 2.21. The molecule has 1 atom stereocenters. The Morgan fingerprint density at radius 3 is 2.29 bits per heavy atom. The van der Waals surface area contributed by atoms with Gasteiger partial charge in [0.25, 0.3) is 10.2 Å². The van der Waals surface area contributed by atoms with E-state index in [0.717, 1.165) is 13.0 Å². The van der Waals surface area contributed by atoms with E-state index < -0.39 is 10.2 Å². The second-order valence-electron chi connectivity index (χ2n) is 4.96. The number of halogens is 1. The van der Waals surface area contributed by atoms with E-state index in [2.05, 4.69) is 5.32 Å². The molecule has 0 aromatic carbocycles. The maximum atomic E-state index is 12.6. The van der Waals surface area contributed by atoms with Crippen LogP contribution in [0.4, 0.5) is 0 Å². The Morgan fingerprint density at radius 2 is 1.81 bits per heavy atom. The highest BCUT2D eigenvalue weighted by Gasteiger charge is 2.34. The summed E-state index contributed by atoms with van der Waals surface area (Å²) in [5.74, 6) is 0.390. The first kappa shape index (κ1) is 21.0. The molecule has 1 aliphatic rings. The number of nitrogens with one attached hydrogen (secondary N) is 1. The summed E-state index contributed by atoms with van der Waals surface area (Å²) < 4.78 is 38.2. The summed E-state index contributed by atoms with van der Waals surface area (Å²) in [6.07, 6.45) is 0.905. The molecule has 1 rings (SSSR count). The SMILES string of the molecule is CNCC1CCN(S(=O)(=O)N(CCOC)CCOC)C1.Cl. The molecule has 0 saturated carbocycles. The van der Waals surface area contributed by atoms with Crippen LogP contribution in [0.5, 0.6) is 0 Å². The first-order chi connectivity index (χ1) is 9.56. The molecule has 0 aromatic rings. The van der Waals surface area contributed by atoms with Crippen molar-refractivity contribution in [2.24, 2.45) is 5.92 Å². The summed E-state index contributed by atoms with van der Waals surface area (Å²) in [7, 11) is 1.61. The summed E-state index contributed by atoms with van der Waals surface area (Å²) in [6, 6.07) is 0. The van der Waals surface area contributed by atoms with Gasteiger partial charge in [0.15, 0.2) is 0 Å². The highest BCUT2D eigenvalue weighted by atomic mass is 35.5. The van der Waals surface area contributed by atoms with Crippen LogP contribution in [0.25, 0.3) is 0 Å². The van der Waals surface area contributed by atoms with E-state index in [1.54, 1.807) is 18.5 Å². The lowest BCUT2D eigenvalue weighted by Crippen LogP contribution is -2.45. The fourth-order valence-corrected chi connectivity index (χ4v) is 4.03. The molecule has 0 spiro atoms. The zero-order valence-electron chi connectivity index (χ0n) is 13.1. The maximum Gasteiger partial charge on any atom is 0.282 e. The number of hydrogen-bond donors (Lipinski definition) is 1. The Kier molecular flexibility index (Phi) is 10.7. The number of ether oxygens (including phenoxy) is 2. The van der Waals surface area contributed by atoms with Crippen molar-refractivity contribution in [1.29, 1.82) is 0 Å². The van der Waals surface area contributed by atoms with Crippen LogP contribution >= 0.6 is 12.4 Å². The van der Waals surface area contributed by atoms with Gasteiger partial charge >= 0.3 is 0 Å². The van der Waals surface area contributed by atoms with Gasteiger partial charge in [0, 0.05) is 40.4 Å². The third kappa shape index (κ3) is 6.35. The van der Waals surface area contributed by atoms with Crippen LogP contribution in [0, 0.1) is 5.92 Å². The lowest BCUT2D eigenvalue weighted by Gasteiger charge is -2.27. The van der Waals surface area contributed by atoms with E-state index in [0.29, 0.717) is 45.3 Å². The van der Waals surface area contributed by atoms with Gasteiger partial charge in [0.05, 0.1) is 13.2 Å². The second-order valence-corrected chi connectivity index (χ2v) is 6.89. The minimum atomic E-state index is -3.42. The zero-order chi connectivity index (χ0) is 15.0. The molecule has 7 nitrogen and oxygen atoms in total. The minimum Gasteiger partial charge on any atom is -0.383 e. The number of hydrogen-bond acceptors (Lipinski definition) is 5. The first-order valence-electron chi connectivity index (χ1n) is 6.94. The summed E-state index contributed by atoms with van der Waals surface area (Å²) in [6.45, 7) is 3.51. The highest BCUT2D eigenvalue weighted by molar-refractivity contribution is 7.86. The standard InChI is InChI=1S/C12H27N3O4S.ClH/c1-13-10-12-4-5-15(11-12)20(16,17)14(6-8-18-2)7-9-19-3;/h12-13H,4-11H2,1-3H3;1H. The van der Waals surface area contributed by atoms with Crippen LogP contribution in [-0.4, -0.2) is 84.2 Å². The van der Waals surface area contributed by atoms with Crippen molar-refractivity contribution in [1.82, 2.24) is 13.9 Å². The molecule has 1 N–H and O–H groups in total. The van der Waals surface area contributed by atoms with Crippen LogP contribution in [0.1, 0.15) is 6.42 Å². The normalized spacial score (nSPS) is 19.9. The van der Waals surface area contributed by atoms with Gasteiger partial charge in [-0.05, 0) is 25.9 Å². The van der Waals surface area contributed by atoms with E-state index in [1.165, 1.54) is 4.31 Å². The van der Waals surface area contributed by atoms with Crippen molar-refractivity contribution >= 4 is 22.6 Å². The molecule has 1 saturated heterocycles. The number of methoxy groups -OCH3 is 2. The summed E-state index contributed by atoms with van der Waals surface area (Å²) in [4.78, 5) is 0. The van der Waals surface area contributed by atoms with Crippen LogP contribution < -0.4 is 5.32 Å². The van der Waals surface area contributed by atoms with Crippen molar-refractivity contribution in [3.05, 3.63) is 0 Å². The van der Waals surface area contributed by atoms with Gasteiger partial charge in [-0.3, -0.25) is 0 Å². The molecule has 1 aliphatic heterocycles. The quantitative estimate of drug-likeness (QED) is 0.593. The largest absolute Gasteiger partial charge is 0.383 e.